The van der Waals surface area contributed by atoms with Crippen molar-refractivity contribution in [2.24, 2.45) is 0 Å². The minimum Gasteiger partial charge on any atom is -0.484 e. The number of ether oxygens (including phenoxy) is 2. The quantitative estimate of drug-likeness (QED) is 0.622. The number of carbonyl (C=O) groups is 2. The Morgan fingerprint density at radius 3 is 1.97 bits per heavy atom. The van der Waals surface area contributed by atoms with Crippen molar-refractivity contribution in [1.29, 1.82) is 0 Å². The van der Waals surface area contributed by atoms with Crippen LogP contribution >= 0.6 is 11.6 Å². The zero-order valence-corrected chi connectivity index (χ0v) is 17.8. The molecule has 2 amide bonds. The summed E-state index contributed by atoms with van der Waals surface area (Å²) in [6.07, 6.45) is 1.70. The normalized spacial score (nSPS) is 22.9. The van der Waals surface area contributed by atoms with Gasteiger partial charge in [-0.05, 0) is 49.9 Å². The van der Waals surface area contributed by atoms with Crippen LogP contribution in [0.4, 0.5) is 13.2 Å². The third kappa shape index (κ3) is 4.48. The predicted molar refractivity (Wildman–Crippen MR) is 109 cm³/mol. The summed E-state index contributed by atoms with van der Waals surface area (Å²) in [6, 6.07) is 6.12. The average Bonchev–Trinajstić information content (AvgIpc) is 2.68. The molecule has 0 atom stereocenters. The molecule has 0 saturated heterocycles. The smallest absolute Gasteiger partial charge is 0.258 e. The van der Waals surface area contributed by atoms with Gasteiger partial charge in [0.15, 0.2) is 24.8 Å². The molecule has 3 aliphatic carbocycles. The van der Waals surface area contributed by atoms with Crippen LogP contribution in [0, 0.1) is 24.4 Å². The van der Waals surface area contributed by atoms with Crippen molar-refractivity contribution in [3.05, 3.63) is 58.4 Å². The molecule has 0 spiro atoms. The molecule has 0 radical (unpaired) electrons. The molecule has 0 aromatic heterocycles. The Labute approximate surface area is 187 Å². The Morgan fingerprint density at radius 1 is 0.906 bits per heavy atom. The number of carbonyl (C=O) groups excluding carboxylic acids is 2. The zero-order valence-electron chi connectivity index (χ0n) is 17.1. The van der Waals surface area contributed by atoms with E-state index in [9.17, 15) is 22.8 Å². The summed E-state index contributed by atoms with van der Waals surface area (Å²) in [5, 5.41) is 5.72. The van der Waals surface area contributed by atoms with E-state index in [1.54, 1.807) is 0 Å². The lowest BCUT2D eigenvalue weighted by atomic mass is 9.44. The summed E-state index contributed by atoms with van der Waals surface area (Å²) in [7, 11) is 0. The maximum atomic E-state index is 13.4. The van der Waals surface area contributed by atoms with Crippen molar-refractivity contribution in [2.45, 2.75) is 37.3 Å². The van der Waals surface area contributed by atoms with Crippen molar-refractivity contribution < 1.29 is 32.2 Å². The molecule has 32 heavy (non-hydrogen) atoms. The fraction of sp³-hybridized carbons (Fsp3) is 0.364. The minimum absolute atomic E-state index is 0.0339. The number of aryl methyl sites for hydroxylation is 1. The second-order valence-corrected chi connectivity index (χ2v) is 8.78. The van der Waals surface area contributed by atoms with Crippen LogP contribution < -0.4 is 20.1 Å². The van der Waals surface area contributed by atoms with Crippen LogP contribution in [-0.2, 0) is 9.59 Å². The van der Waals surface area contributed by atoms with E-state index in [-0.39, 0.29) is 47.1 Å². The number of hydrogen-bond acceptors (Lipinski definition) is 4. The van der Waals surface area contributed by atoms with Gasteiger partial charge < -0.3 is 20.1 Å². The molecule has 2 N–H and O–H groups in total. The Morgan fingerprint density at radius 2 is 1.44 bits per heavy atom. The summed E-state index contributed by atoms with van der Waals surface area (Å²) in [5.41, 5.74) is -0.711. The van der Waals surface area contributed by atoms with Crippen LogP contribution in [0.3, 0.4) is 0 Å². The fourth-order valence-corrected chi connectivity index (χ4v) is 4.48. The number of benzene rings is 2. The predicted octanol–water partition coefficient (Wildman–Crippen LogP) is 3.43. The SMILES string of the molecule is Cc1cc(OCC(=O)NC23CC(NC(=O)COc4ccc(Cl)c(F)c4)(C2)C3)cc(F)c1F. The molecule has 170 valence electrons. The maximum absolute atomic E-state index is 13.4. The van der Waals surface area contributed by atoms with Crippen LogP contribution in [0.5, 0.6) is 11.5 Å². The van der Waals surface area contributed by atoms with Gasteiger partial charge in [0.25, 0.3) is 11.8 Å². The lowest BCUT2D eigenvalue weighted by Gasteiger charge is -2.70. The van der Waals surface area contributed by atoms with Gasteiger partial charge in [0.05, 0.1) is 5.02 Å². The molecule has 0 aliphatic heterocycles. The van der Waals surface area contributed by atoms with E-state index in [1.165, 1.54) is 25.1 Å². The number of rotatable bonds is 8. The molecular formula is C22H20ClF3N2O4. The lowest BCUT2D eigenvalue weighted by molar-refractivity contribution is -0.151. The van der Waals surface area contributed by atoms with Gasteiger partial charge in [0.2, 0.25) is 0 Å². The number of amides is 2. The zero-order chi connectivity index (χ0) is 23.1. The number of nitrogens with one attached hydrogen (secondary N) is 2. The van der Waals surface area contributed by atoms with E-state index < -0.39 is 28.5 Å². The van der Waals surface area contributed by atoms with E-state index in [1.807, 2.05) is 0 Å². The fourth-order valence-electron chi connectivity index (χ4n) is 4.36. The molecule has 2 aromatic carbocycles. The monoisotopic (exact) mass is 468 g/mol. The van der Waals surface area contributed by atoms with Gasteiger partial charge in [0, 0.05) is 23.2 Å². The van der Waals surface area contributed by atoms with Crippen molar-refractivity contribution in [3.63, 3.8) is 0 Å². The highest BCUT2D eigenvalue weighted by molar-refractivity contribution is 6.30. The third-order valence-corrected chi connectivity index (χ3v) is 5.96. The van der Waals surface area contributed by atoms with Crippen molar-refractivity contribution in [3.8, 4) is 11.5 Å². The van der Waals surface area contributed by atoms with E-state index in [0.29, 0.717) is 19.3 Å². The summed E-state index contributed by atoms with van der Waals surface area (Å²) < 4.78 is 50.7. The Hall–Kier alpha value is -2.94. The molecule has 2 aromatic rings. The average molecular weight is 469 g/mol. The van der Waals surface area contributed by atoms with Gasteiger partial charge in [0.1, 0.15) is 17.3 Å². The summed E-state index contributed by atoms with van der Waals surface area (Å²) in [6.45, 7) is 0.792. The first kappa shape index (κ1) is 22.3. The molecule has 3 aliphatic rings. The molecule has 6 nitrogen and oxygen atoms in total. The summed E-state index contributed by atoms with van der Waals surface area (Å²) in [4.78, 5) is 24.3. The summed E-state index contributed by atoms with van der Waals surface area (Å²) in [5.74, 6) is -3.10. The van der Waals surface area contributed by atoms with Crippen molar-refractivity contribution in [2.75, 3.05) is 13.2 Å². The first-order valence-corrected chi connectivity index (χ1v) is 10.2. The molecule has 5 rings (SSSR count). The first-order chi connectivity index (χ1) is 15.1. The van der Waals surface area contributed by atoms with E-state index in [2.05, 4.69) is 10.6 Å². The van der Waals surface area contributed by atoms with Gasteiger partial charge in [-0.15, -0.1) is 0 Å². The minimum atomic E-state index is -1.04. The second-order valence-electron chi connectivity index (χ2n) is 8.38. The van der Waals surface area contributed by atoms with Crippen LogP contribution in [-0.4, -0.2) is 36.1 Å². The van der Waals surface area contributed by atoms with E-state index >= 15 is 0 Å². The first-order valence-electron chi connectivity index (χ1n) is 9.87. The van der Waals surface area contributed by atoms with Gasteiger partial charge >= 0.3 is 0 Å². The highest BCUT2D eigenvalue weighted by Gasteiger charge is 2.69. The van der Waals surface area contributed by atoms with Gasteiger partial charge in [-0.1, -0.05) is 11.6 Å². The van der Waals surface area contributed by atoms with E-state index in [4.69, 9.17) is 21.1 Å². The van der Waals surface area contributed by atoms with Crippen LogP contribution in [0.15, 0.2) is 30.3 Å². The molecule has 0 unspecified atom stereocenters. The number of hydrogen-bond donors (Lipinski definition) is 2. The molecule has 3 fully saturated rings. The van der Waals surface area contributed by atoms with Crippen molar-refractivity contribution in [1.82, 2.24) is 10.6 Å². The second kappa shape index (κ2) is 8.20. The third-order valence-electron chi connectivity index (χ3n) is 5.65. The Balaban J connectivity index is 1.19. The van der Waals surface area contributed by atoms with Crippen LogP contribution in [0.2, 0.25) is 5.02 Å². The molecule has 3 saturated carbocycles. The highest BCUT2D eigenvalue weighted by Crippen LogP contribution is 2.60. The summed E-state index contributed by atoms with van der Waals surface area (Å²) >= 11 is 5.60. The number of halogens is 4. The molecule has 2 bridgehead atoms. The standard InChI is InChI=1S/C22H20ClF3N2O4/c1-12-4-14(6-17(25)20(12)26)32-8-19(30)28-22-9-21(10-22,11-22)27-18(29)7-31-13-2-3-15(23)16(24)5-13/h2-6H,7-11H2,1H3,(H,27,29)(H,28,30). The largest absolute Gasteiger partial charge is 0.484 e. The van der Waals surface area contributed by atoms with Gasteiger partial charge in [-0.3, -0.25) is 9.59 Å². The molecule has 0 heterocycles. The topological polar surface area (TPSA) is 76.7 Å². The van der Waals surface area contributed by atoms with Gasteiger partial charge in [-0.2, -0.15) is 0 Å². The molecule has 10 heteroatoms. The lowest BCUT2D eigenvalue weighted by Crippen LogP contribution is -2.84. The molecular weight excluding hydrogens is 449 g/mol. The highest BCUT2D eigenvalue weighted by atomic mass is 35.5. The van der Waals surface area contributed by atoms with Crippen LogP contribution in [0.1, 0.15) is 24.8 Å². The van der Waals surface area contributed by atoms with E-state index in [0.717, 1.165) is 12.1 Å². The Bertz CT molecular complexity index is 1050. The van der Waals surface area contributed by atoms with Crippen LogP contribution in [0.25, 0.3) is 0 Å². The Kier molecular flexibility index (Phi) is 5.70. The van der Waals surface area contributed by atoms with Gasteiger partial charge in [-0.25, -0.2) is 13.2 Å². The maximum Gasteiger partial charge on any atom is 0.258 e. The van der Waals surface area contributed by atoms with Crippen molar-refractivity contribution >= 4 is 23.4 Å².